The van der Waals surface area contributed by atoms with Crippen molar-refractivity contribution in [3.63, 3.8) is 0 Å². The molecule has 2 unspecified atom stereocenters. The lowest BCUT2D eigenvalue weighted by molar-refractivity contribution is -0.168. The van der Waals surface area contributed by atoms with Crippen molar-refractivity contribution in [1.29, 1.82) is 0 Å². The minimum atomic E-state index is 0. The van der Waals surface area contributed by atoms with Crippen LogP contribution in [0.4, 0.5) is 0 Å². The van der Waals surface area contributed by atoms with E-state index in [1.54, 1.807) is 0 Å². The van der Waals surface area contributed by atoms with Crippen molar-refractivity contribution < 1.29 is 4.74 Å². The number of nitrogens with one attached hydrogen (secondary N) is 1. The summed E-state index contributed by atoms with van der Waals surface area (Å²) in [7, 11) is 4.13. The average molecular weight is 503 g/mol. The lowest BCUT2D eigenvalue weighted by Gasteiger charge is -2.61. The van der Waals surface area contributed by atoms with Gasteiger partial charge in [0.15, 0.2) is 5.96 Å². The summed E-state index contributed by atoms with van der Waals surface area (Å²) in [6.45, 7) is 11.0. The fourth-order valence-corrected chi connectivity index (χ4v) is 4.72. The molecule has 3 rings (SSSR count). The van der Waals surface area contributed by atoms with Gasteiger partial charge in [0, 0.05) is 57.0 Å². The highest BCUT2D eigenvalue weighted by Crippen LogP contribution is 2.57. The van der Waals surface area contributed by atoms with Gasteiger partial charge >= 0.3 is 0 Å². The first-order chi connectivity index (χ1) is 12.9. The third-order valence-electron chi connectivity index (χ3n) is 6.30. The summed E-state index contributed by atoms with van der Waals surface area (Å²) in [6, 6.07) is 0.481. The second-order valence-electron chi connectivity index (χ2n) is 8.49. The van der Waals surface area contributed by atoms with Crippen molar-refractivity contribution >= 4 is 29.9 Å². The van der Waals surface area contributed by atoms with Crippen LogP contribution in [-0.2, 0) is 18.3 Å². The van der Waals surface area contributed by atoms with Gasteiger partial charge < -0.3 is 15.0 Å². The molecule has 28 heavy (non-hydrogen) atoms. The van der Waals surface area contributed by atoms with Crippen molar-refractivity contribution in [3.05, 3.63) is 17.5 Å². The maximum Gasteiger partial charge on any atom is 0.194 e. The fourth-order valence-electron chi connectivity index (χ4n) is 4.72. The Bertz CT molecular complexity index is 668. The molecule has 2 fully saturated rings. The van der Waals surface area contributed by atoms with Gasteiger partial charge in [-0.15, -0.1) is 24.0 Å². The predicted molar refractivity (Wildman–Crippen MR) is 125 cm³/mol. The number of aromatic nitrogens is 2. The van der Waals surface area contributed by atoms with E-state index in [0.717, 1.165) is 32.1 Å². The first-order valence-corrected chi connectivity index (χ1v) is 10.6. The summed E-state index contributed by atoms with van der Waals surface area (Å²) < 4.78 is 7.92. The van der Waals surface area contributed by atoms with E-state index in [0.29, 0.717) is 23.5 Å². The highest BCUT2D eigenvalue weighted by molar-refractivity contribution is 14.0. The molecule has 1 heterocycles. The third kappa shape index (κ3) is 4.50. The van der Waals surface area contributed by atoms with Gasteiger partial charge in [-0.05, 0) is 39.0 Å². The zero-order valence-corrected chi connectivity index (χ0v) is 20.7. The second-order valence-corrected chi connectivity index (χ2v) is 8.49. The second kappa shape index (κ2) is 9.78. The number of guanidine groups is 1. The van der Waals surface area contributed by atoms with Crippen molar-refractivity contribution in [1.82, 2.24) is 20.0 Å². The summed E-state index contributed by atoms with van der Waals surface area (Å²) >= 11 is 0. The smallest absolute Gasteiger partial charge is 0.194 e. The molecule has 0 saturated heterocycles. The Morgan fingerprint density at radius 1 is 1.43 bits per heavy atom. The molecular weight excluding hydrogens is 465 g/mol. The maximum atomic E-state index is 6.00. The van der Waals surface area contributed by atoms with Gasteiger partial charge in [-0.2, -0.15) is 5.10 Å². The predicted octanol–water partition coefficient (Wildman–Crippen LogP) is 3.91. The number of nitrogens with zero attached hydrogens (tertiary/aromatic N) is 4. The minimum Gasteiger partial charge on any atom is -0.378 e. The topological polar surface area (TPSA) is 54.7 Å². The van der Waals surface area contributed by atoms with Crippen LogP contribution in [0.25, 0.3) is 0 Å². The zero-order valence-electron chi connectivity index (χ0n) is 18.4. The highest BCUT2D eigenvalue weighted by atomic mass is 127. The van der Waals surface area contributed by atoms with Crippen LogP contribution in [-0.4, -0.2) is 53.0 Å². The number of aryl methyl sites for hydroxylation is 1. The van der Waals surface area contributed by atoms with E-state index in [9.17, 15) is 0 Å². The zero-order chi connectivity index (χ0) is 19.6. The van der Waals surface area contributed by atoms with E-state index < -0.39 is 0 Å². The summed E-state index contributed by atoms with van der Waals surface area (Å²) in [5.74, 6) is 1.42. The Kier molecular flexibility index (Phi) is 8.19. The molecule has 0 amide bonds. The summed E-state index contributed by atoms with van der Waals surface area (Å²) in [4.78, 5) is 7.02. The number of hydrogen-bond donors (Lipinski definition) is 1. The molecule has 0 aliphatic heterocycles. The van der Waals surface area contributed by atoms with Crippen LogP contribution in [0.2, 0.25) is 0 Å². The van der Waals surface area contributed by atoms with Gasteiger partial charge in [-0.3, -0.25) is 9.67 Å². The monoisotopic (exact) mass is 503 g/mol. The van der Waals surface area contributed by atoms with Crippen molar-refractivity contribution in [2.24, 2.45) is 17.5 Å². The number of hydrogen-bond acceptors (Lipinski definition) is 3. The summed E-state index contributed by atoms with van der Waals surface area (Å²) in [5, 5.41) is 8.43. The van der Waals surface area contributed by atoms with Crippen molar-refractivity contribution in [2.75, 3.05) is 20.2 Å². The molecule has 160 valence electrons. The maximum absolute atomic E-state index is 6.00. The molecule has 2 aliphatic rings. The molecular formula is C21H38IN5O. The largest absolute Gasteiger partial charge is 0.378 e. The van der Waals surface area contributed by atoms with Crippen LogP contribution in [0.3, 0.4) is 0 Å². The molecule has 2 saturated carbocycles. The standard InChI is InChI=1S/C21H37N5O.HI/c1-7-22-20(23-17-12-18(27-8-2)21(17)10-9-11-21)25(5)13-16-14-26(6)24-19(16)15(3)4;/h14-15,17-18H,7-13H2,1-6H3,(H,22,23);1H. The van der Waals surface area contributed by atoms with Crippen LogP contribution in [0.5, 0.6) is 0 Å². The van der Waals surface area contributed by atoms with E-state index >= 15 is 0 Å². The van der Waals surface area contributed by atoms with Crippen LogP contribution < -0.4 is 5.32 Å². The number of ether oxygens (including phenoxy) is 1. The van der Waals surface area contributed by atoms with Crippen LogP contribution in [0.15, 0.2) is 11.2 Å². The van der Waals surface area contributed by atoms with Crippen molar-refractivity contribution in [3.8, 4) is 0 Å². The van der Waals surface area contributed by atoms with Crippen LogP contribution >= 0.6 is 24.0 Å². The first-order valence-electron chi connectivity index (χ1n) is 10.6. The lowest BCUT2D eigenvalue weighted by atomic mass is 9.51. The van der Waals surface area contributed by atoms with E-state index in [4.69, 9.17) is 9.73 Å². The van der Waals surface area contributed by atoms with Gasteiger partial charge in [0.05, 0.1) is 11.8 Å². The highest BCUT2D eigenvalue weighted by Gasteiger charge is 2.59. The number of halogens is 1. The van der Waals surface area contributed by atoms with E-state index in [1.165, 1.54) is 30.5 Å². The molecule has 0 bridgehead atoms. The normalized spacial score (nSPS) is 23.2. The molecule has 1 aromatic rings. The Balaban J connectivity index is 0.00000280. The summed E-state index contributed by atoms with van der Waals surface area (Å²) in [6.07, 6.45) is 7.53. The molecule has 1 spiro atoms. The quantitative estimate of drug-likeness (QED) is 0.349. The number of rotatable bonds is 7. The fraction of sp³-hybridized carbons (Fsp3) is 0.810. The molecule has 1 aromatic heterocycles. The van der Waals surface area contributed by atoms with Gasteiger partial charge in [0.1, 0.15) is 0 Å². The first kappa shape index (κ1) is 23.4. The van der Waals surface area contributed by atoms with Crippen LogP contribution in [0, 0.1) is 5.41 Å². The van der Waals surface area contributed by atoms with Crippen molar-refractivity contribution in [2.45, 2.75) is 78.0 Å². The van der Waals surface area contributed by atoms with Gasteiger partial charge in [0.2, 0.25) is 0 Å². The van der Waals surface area contributed by atoms with E-state index in [1.807, 2.05) is 11.7 Å². The average Bonchev–Trinajstić information content (AvgIpc) is 2.91. The van der Waals surface area contributed by atoms with Gasteiger partial charge in [0.25, 0.3) is 0 Å². The van der Waals surface area contributed by atoms with Gasteiger partial charge in [-0.1, -0.05) is 20.3 Å². The van der Waals surface area contributed by atoms with Crippen LogP contribution in [0.1, 0.15) is 70.6 Å². The molecule has 0 radical (unpaired) electrons. The Labute approximate surface area is 187 Å². The summed E-state index contributed by atoms with van der Waals surface area (Å²) in [5.41, 5.74) is 2.79. The van der Waals surface area contributed by atoms with E-state index in [2.05, 4.69) is 56.3 Å². The Morgan fingerprint density at radius 2 is 2.14 bits per heavy atom. The lowest BCUT2D eigenvalue weighted by Crippen LogP contribution is -2.68. The molecule has 6 nitrogen and oxygen atoms in total. The van der Waals surface area contributed by atoms with Gasteiger partial charge in [-0.25, -0.2) is 0 Å². The minimum absolute atomic E-state index is 0. The third-order valence-corrected chi connectivity index (χ3v) is 6.30. The Hall–Kier alpha value is -0.830. The molecule has 7 heteroatoms. The molecule has 0 aromatic carbocycles. The van der Waals surface area contributed by atoms with E-state index in [-0.39, 0.29) is 24.0 Å². The Morgan fingerprint density at radius 3 is 2.68 bits per heavy atom. The SMILES string of the molecule is CCN=C(NC1CC(OCC)C12CCC2)N(C)Cc1cn(C)nc1C(C)C.I. The molecule has 2 aliphatic carbocycles. The molecule has 2 atom stereocenters. The number of aliphatic imine (C=N–C) groups is 1. The molecule has 1 N–H and O–H groups in total.